The van der Waals surface area contributed by atoms with Crippen LogP contribution in [0.3, 0.4) is 0 Å². The van der Waals surface area contributed by atoms with Crippen LogP contribution < -0.4 is 0 Å². The highest BCUT2D eigenvalue weighted by atomic mass is 79.9. The maximum Gasteiger partial charge on any atom is 0.339 e. The number of benzene rings is 1. The molecule has 0 fully saturated rings. The molecule has 0 amide bonds. The molecule has 0 saturated carbocycles. The number of hydrogen-bond donors (Lipinski definition) is 0. The Bertz CT molecular complexity index is 734. The van der Waals surface area contributed by atoms with Crippen molar-refractivity contribution in [3.63, 3.8) is 0 Å². The molecule has 2 aromatic rings. The van der Waals surface area contributed by atoms with E-state index in [-0.39, 0.29) is 5.00 Å². The third-order valence-electron chi connectivity index (χ3n) is 3.32. The van der Waals surface area contributed by atoms with E-state index < -0.39 is 4.92 Å². The van der Waals surface area contributed by atoms with Crippen molar-refractivity contribution in [3.05, 3.63) is 49.8 Å². The van der Waals surface area contributed by atoms with Gasteiger partial charge in [0.25, 0.3) is 0 Å². The number of halogens is 1. The minimum absolute atomic E-state index is 0.0107. The van der Waals surface area contributed by atoms with Crippen molar-refractivity contribution in [3.8, 4) is 6.07 Å². The maximum absolute atomic E-state index is 10.9. The molecule has 2 rings (SSSR count). The second-order valence-corrected chi connectivity index (χ2v) is 7.89. The Labute approximate surface area is 164 Å². The van der Waals surface area contributed by atoms with Crippen LogP contribution in [0.1, 0.15) is 25.6 Å². The van der Waals surface area contributed by atoms with Gasteiger partial charge < -0.3 is 4.90 Å². The molecule has 1 aromatic heterocycles. The topological polar surface area (TPSA) is 70.2 Å². The predicted octanol–water partition coefficient (Wildman–Crippen LogP) is 5.79. The number of nitriles is 1. The summed E-state index contributed by atoms with van der Waals surface area (Å²) in [6.07, 6.45) is 0. The van der Waals surface area contributed by atoms with Gasteiger partial charge in [-0.25, -0.2) is 0 Å². The predicted molar refractivity (Wildman–Crippen MR) is 107 cm³/mol. The van der Waals surface area contributed by atoms with E-state index in [1.807, 2.05) is 30.3 Å². The van der Waals surface area contributed by atoms with Crippen LogP contribution >= 0.6 is 39.0 Å². The van der Waals surface area contributed by atoms with Crippen LogP contribution in [-0.2, 0) is 0 Å². The van der Waals surface area contributed by atoms with E-state index in [0.29, 0.717) is 9.77 Å². The van der Waals surface area contributed by atoms with Crippen LogP contribution in [0.2, 0.25) is 0 Å². The highest BCUT2D eigenvalue weighted by Gasteiger charge is 2.20. The molecule has 1 aromatic carbocycles. The van der Waals surface area contributed by atoms with Gasteiger partial charge in [-0.3, -0.25) is 10.1 Å². The standard InChI is InChI=1S/C11H5BrN2O2S2.C6H15N/c12-7-2-1-3-8(4-7)17-10-5-9(6-13)18-11(10)14(15)16;1-4-7(5-2)6-3/h1-5H;4-6H2,1-3H3. The third kappa shape index (κ3) is 7.16. The van der Waals surface area contributed by atoms with Crippen molar-refractivity contribution in [1.82, 2.24) is 4.90 Å². The van der Waals surface area contributed by atoms with Crippen LogP contribution in [0.25, 0.3) is 0 Å². The summed E-state index contributed by atoms with van der Waals surface area (Å²) in [6, 6.07) is 11.0. The normalized spacial score (nSPS) is 10.1. The first kappa shape index (κ1) is 21.6. The Morgan fingerprint density at radius 3 is 2.36 bits per heavy atom. The molecule has 0 radical (unpaired) electrons. The van der Waals surface area contributed by atoms with E-state index in [1.165, 1.54) is 31.4 Å². The molecule has 0 atom stereocenters. The van der Waals surface area contributed by atoms with E-state index >= 15 is 0 Å². The highest BCUT2D eigenvalue weighted by Crippen LogP contribution is 2.41. The second kappa shape index (κ2) is 11.3. The average Bonchev–Trinajstić information content (AvgIpc) is 3.00. The van der Waals surface area contributed by atoms with Crippen molar-refractivity contribution >= 4 is 44.0 Å². The minimum atomic E-state index is -0.453. The van der Waals surface area contributed by atoms with Crippen LogP contribution in [-0.4, -0.2) is 29.5 Å². The number of rotatable bonds is 6. The molecule has 134 valence electrons. The van der Waals surface area contributed by atoms with E-state index in [0.717, 1.165) is 20.7 Å². The first-order valence-corrected chi connectivity index (χ1v) is 10.2. The van der Waals surface area contributed by atoms with Gasteiger partial charge in [-0.2, -0.15) is 5.26 Å². The maximum atomic E-state index is 10.9. The molecular formula is C17H20BrN3O2S2. The van der Waals surface area contributed by atoms with E-state index in [4.69, 9.17) is 5.26 Å². The Kier molecular flexibility index (Phi) is 9.75. The number of nitro groups is 1. The molecular weight excluding hydrogens is 422 g/mol. The lowest BCUT2D eigenvalue weighted by atomic mass is 10.4. The molecule has 0 spiro atoms. The Morgan fingerprint density at radius 1 is 1.28 bits per heavy atom. The molecule has 0 N–H and O–H groups in total. The zero-order valence-corrected chi connectivity index (χ0v) is 17.6. The summed E-state index contributed by atoms with van der Waals surface area (Å²) in [5.41, 5.74) is 0. The first-order chi connectivity index (χ1) is 11.9. The van der Waals surface area contributed by atoms with Gasteiger partial charge in [0.15, 0.2) is 0 Å². The van der Waals surface area contributed by atoms with Gasteiger partial charge in [0, 0.05) is 9.37 Å². The Hall–Kier alpha value is -1.40. The second-order valence-electron chi connectivity index (χ2n) is 4.83. The van der Waals surface area contributed by atoms with E-state index in [1.54, 1.807) is 6.07 Å². The van der Waals surface area contributed by atoms with Gasteiger partial charge in [0.2, 0.25) is 0 Å². The number of nitrogens with zero attached hydrogens (tertiary/aromatic N) is 3. The van der Waals surface area contributed by atoms with Crippen molar-refractivity contribution in [2.24, 2.45) is 0 Å². The highest BCUT2D eigenvalue weighted by molar-refractivity contribution is 9.10. The zero-order chi connectivity index (χ0) is 18.8. The van der Waals surface area contributed by atoms with Crippen LogP contribution in [0.5, 0.6) is 0 Å². The van der Waals surface area contributed by atoms with Gasteiger partial charge in [0.1, 0.15) is 15.8 Å². The first-order valence-electron chi connectivity index (χ1n) is 7.79. The van der Waals surface area contributed by atoms with Gasteiger partial charge in [-0.05, 0) is 43.9 Å². The molecule has 0 unspecified atom stereocenters. The summed E-state index contributed by atoms with van der Waals surface area (Å²) in [4.78, 5) is 14.5. The zero-order valence-electron chi connectivity index (χ0n) is 14.4. The average molecular weight is 442 g/mol. The van der Waals surface area contributed by atoms with Crippen molar-refractivity contribution in [2.75, 3.05) is 19.6 Å². The quantitative estimate of drug-likeness (QED) is 0.418. The minimum Gasteiger partial charge on any atom is -0.304 e. The fourth-order valence-electron chi connectivity index (χ4n) is 1.95. The Balaban J connectivity index is 0.000000381. The Morgan fingerprint density at radius 2 is 1.92 bits per heavy atom. The SMILES string of the molecule is CCN(CC)CC.N#Cc1cc(Sc2cccc(Br)c2)c([N+](=O)[O-])s1. The summed E-state index contributed by atoms with van der Waals surface area (Å²) in [6.45, 7) is 10.1. The number of hydrogen-bond acceptors (Lipinski definition) is 6. The molecule has 5 nitrogen and oxygen atoms in total. The molecule has 8 heteroatoms. The molecule has 0 bridgehead atoms. The largest absolute Gasteiger partial charge is 0.339 e. The lowest BCUT2D eigenvalue weighted by Gasteiger charge is -2.13. The molecule has 0 saturated heterocycles. The van der Waals surface area contributed by atoms with Crippen molar-refractivity contribution < 1.29 is 4.92 Å². The summed E-state index contributed by atoms with van der Waals surface area (Å²) in [5, 5.41) is 19.7. The van der Waals surface area contributed by atoms with E-state index in [2.05, 4.69) is 41.6 Å². The molecule has 0 aliphatic carbocycles. The summed E-state index contributed by atoms with van der Waals surface area (Å²) < 4.78 is 0.908. The monoisotopic (exact) mass is 441 g/mol. The lowest BCUT2D eigenvalue weighted by molar-refractivity contribution is -0.382. The third-order valence-corrected chi connectivity index (χ3v) is 5.96. The fourth-order valence-corrected chi connectivity index (χ4v) is 4.41. The molecule has 25 heavy (non-hydrogen) atoms. The fraction of sp³-hybridized carbons (Fsp3) is 0.353. The molecule has 0 aliphatic rings. The molecule has 1 heterocycles. The van der Waals surface area contributed by atoms with Gasteiger partial charge in [-0.15, -0.1) is 0 Å². The summed E-state index contributed by atoms with van der Waals surface area (Å²) in [7, 11) is 0. The number of thiophene rings is 1. The van der Waals surface area contributed by atoms with Crippen LogP contribution in [0.15, 0.2) is 44.6 Å². The van der Waals surface area contributed by atoms with Crippen molar-refractivity contribution in [1.29, 1.82) is 5.26 Å². The van der Waals surface area contributed by atoms with Gasteiger partial charge in [0.05, 0.1) is 4.92 Å². The van der Waals surface area contributed by atoms with E-state index in [9.17, 15) is 10.1 Å². The van der Waals surface area contributed by atoms with Gasteiger partial charge >= 0.3 is 5.00 Å². The summed E-state index contributed by atoms with van der Waals surface area (Å²) >= 11 is 5.52. The smallest absolute Gasteiger partial charge is 0.304 e. The van der Waals surface area contributed by atoms with Crippen molar-refractivity contribution in [2.45, 2.75) is 30.6 Å². The van der Waals surface area contributed by atoms with Gasteiger partial charge in [-0.1, -0.05) is 65.9 Å². The molecule has 0 aliphatic heterocycles. The lowest BCUT2D eigenvalue weighted by Crippen LogP contribution is -2.21. The summed E-state index contributed by atoms with van der Waals surface area (Å²) in [5.74, 6) is 0. The van der Waals surface area contributed by atoms with Crippen LogP contribution in [0, 0.1) is 21.4 Å². The van der Waals surface area contributed by atoms with Crippen LogP contribution in [0.4, 0.5) is 5.00 Å².